The van der Waals surface area contributed by atoms with E-state index >= 15 is 0 Å². The molecule has 2 heterocycles. The van der Waals surface area contributed by atoms with E-state index in [9.17, 15) is 15.0 Å². The SMILES string of the molecule is CC1=C[C@@](O)(C[C@@H](C)[C@]23CC[C@@]4(C)C5=CC[C@H]6C(C)(C)[C@H](O)CC[C@]6(C)[C@@H]5CC[C@]24C3)OC1=O.c1ccncc1. The monoisotopic (exact) mass is 547 g/mol. The van der Waals surface area contributed by atoms with Crippen molar-refractivity contribution < 1.29 is 19.7 Å². The molecule has 0 radical (unpaired) electrons. The van der Waals surface area contributed by atoms with Crippen molar-refractivity contribution in [2.24, 2.45) is 44.8 Å². The minimum absolute atomic E-state index is 0.0294. The largest absolute Gasteiger partial charge is 0.426 e. The number of esters is 1. The number of ether oxygens (including phenoxy) is 1. The van der Waals surface area contributed by atoms with E-state index in [1.165, 1.54) is 32.1 Å². The Morgan fingerprint density at radius 3 is 2.38 bits per heavy atom. The number of nitrogens with zero attached hydrogens (tertiary/aromatic N) is 1. The standard InChI is InChI=1S/C30H44O4.C5H5N/c1-18-15-30(33,34-24(18)32)16-19(2)28-14-13-27(6)21-7-8-22-25(3,4)23(31)10-11-26(22,5)20(21)9-12-29(27,28)17-28;1-2-4-6-5-3-1/h7,15,19-20,22-23,31,33H,8-14,16-17H2,1-6H3;1-5H/t19-,20-,22+,23-,26-,27+,28-,29-,30+;/m1./s1. The van der Waals surface area contributed by atoms with Crippen LogP contribution in [0.1, 0.15) is 99.3 Å². The summed E-state index contributed by atoms with van der Waals surface area (Å²) in [6.07, 6.45) is 17.5. The molecule has 0 aromatic carbocycles. The molecule has 0 saturated heterocycles. The van der Waals surface area contributed by atoms with Crippen LogP contribution in [0.2, 0.25) is 0 Å². The van der Waals surface area contributed by atoms with Gasteiger partial charge < -0.3 is 14.9 Å². The molecule has 6 aliphatic rings. The second-order valence-corrected chi connectivity index (χ2v) is 15.4. The van der Waals surface area contributed by atoms with Crippen molar-refractivity contribution in [3.63, 3.8) is 0 Å². The van der Waals surface area contributed by atoms with Gasteiger partial charge in [-0.2, -0.15) is 0 Å². The molecule has 0 bridgehead atoms. The van der Waals surface area contributed by atoms with Gasteiger partial charge in [0.25, 0.3) is 0 Å². The smallest absolute Gasteiger partial charge is 0.336 e. The van der Waals surface area contributed by atoms with Crippen LogP contribution in [-0.4, -0.2) is 33.1 Å². The normalized spacial score (nSPS) is 46.7. The lowest BCUT2D eigenvalue weighted by molar-refractivity contribution is -0.185. The topological polar surface area (TPSA) is 79.6 Å². The van der Waals surface area contributed by atoms with Crippen LogP contribution in [0.15, 0.2) is 53.9 Å². The molecule has 5 nitrogen and oxygen atoms in total. The Kier molecular flexibility index (Phi) is 6.34. The molecular weight excluding hydrogens is 498 g/mol. The van der Waals surface area contributed by atoms with Gasteiger partial charge >= 0.3 is 5.97 Å². The summed E-state index contributed by atoms with van der Waals surface area (Å²) < 4.78 is 5.39. The molecule has 1 aromatic rings. The second-order valence-electron chi connectivity index (χ2n) is 15.4. The van der Waals surface area contributed by atoms with Crippen molar-refractivity contribution in [2.45, 2.75) is 111 Å². The van der Waals surface area contributed by atoms with Crippen LogP contribution in [0.3, 0.4) is 0 Å². The predicted octanol–water partition coefficient (Wildman–Crippen LogP) is 7.01. The summed E-state index contributed by atoms with van der Waals surface area (Å²) in [5, 5.41) is 21.8. The number of rotatable bonds is 3. The number of pyridine rings is 1. The van der Waals surface area contributed by atoms with Gasteiger partial charge in [0.15, 0.2) is 0 Å². The van der Waals surface area contributed by atoms with Gasteiger partial charge in [-0.15, -0.1) is 0 Å². The number of carbonyl (C=O) groups is 1. The third kappa shape index (κ3) is 3.72. The molecule has 9 atom stereocenters. The molecule has 1 spiro atoms. The summed E-state index contributed by atoms with van der Waals surface area (Å²) >= 11 is 0. The van der Waals surface area contributed by atoms with Crippen molar-refractivity contribution >= 4 is 5.97 Å². The summed E-state index contributed by atoms with van der Waals surface area (Å²) in [6, 6.07) is 5.72. The van der Waals surface area contributed by atoms with Crippen LogP contribution in [0.4, 0.5) is 0 Å². The number of allylic oxidation sites excluding steroid dienone is 2. The zero-order chi connectivity index (χ0) is 28.8. The molecule has 5 heteroatoms. The lowest BCUT2D eigenvalue weighted by Crippen LogP contribution is -2.57. The van der Waals surface area contributed by atoms with Gasteiger partial charge in [-0.1, -0.05) is 52.3 Å². The molecular formula is C35H49NO4. The molecule has 4 fully saturated rings. The first-order valence-corrected chi connectivity index (χ1v) is 15.6. The maximum Gasteiger partial charge on any atom is 0.336 e. The van der Waals surface area contributed by atoms with Crippen LogP contribution >= 0.6 is 0 Å². The first-order valence-electron chi connectivity index (χ1n) is 15.6. The zero-order valence-electron chi connectivity index (χ0n) is 25.4. The van der Waals surface area contributed by atoms with Crippen LogP contribution in [0, 0.1) is 44.8 Å². The Morgan fingerprint density at radius 2 is 1.77 bits per heavy atom. The number of aliphatic hydroxyl groups is 2. The molecule has 0 amide bonds. The summed E-state index contributed by atoms with van der Waals surface area (Å²) in [6.45, 7) is 13.7. The quantitative estimate of drug-likeness (QED) is 0.314. The van der Waals surface area contributed by atoms with Gasteiger partial charge in [-0.05, 0) is 121 Å². The lowest BCUT2D eigenvalue weighted by atomic mass is 9.42. The number of carbonyl (C=O) groups excluding carboxylic acids is 1. The van der Waals surface area contributed by atoms with E-state index in [4.69, 9.17) is 4.74 Å². The van der Waals surface area contributed by atoms with E-state index in [0.29, 0.717) is 35.2 Å². The number of hydrogen-bond acceptors (Lipinski definition) is 5. The molecule has 40 heavy (non-hydrogen) atoms. The highest BCUT2D eigenvalue weighted by molar-refractivity contribution is 5.90. The fourth-order valence-corrected chi connectivity index (χ4v) is 11.2. The lowest BCUT2D eigenvalue weighted by Gasteiger charge is -2.62. The second kappa shape index (κ2) is 9.01. The highest BCUT2D eigenvalue weighted by Crippen LogP contribution is 2.89. The van der Waals surface area contributed by atoms with Gasteiger partial charge in [-0.25, -0.2) is 4.79 Å². The van der Waals surface area contributed by atoms with Crippen LogP contribution < -0.4 is 0 Å². The van der Waals surface area contributed by atoms with Crippen LogP contribution in [0.5, 0.6) is 0 Å². The maximum atomic E-state index is 12.0. The Balaban J connectivity index is 0.000000429. The third-order valence-corrected chi connectivity index (χ3v) is 13.5. The molecule has 5 aliphatic carbocycles. The Hall–Kier alpha value is -1.98. The molecule has 7 rings (SSSR count). The van der Waals surface area contributed by atoms with Gasteiger partial charge in [-0.3, -0.25) is 4.98 Å². The van der Waals surface area contributed by atoms with Crippen molar-refractivity contribution in [1.29, 1.82) is 0 Å². The highest BCUT2D eigenvalue weighted by atomic mass is 16.7. The van der Waals surface area contributed by atoms with E-state index in [1.54, 1.807) is 31.0 Å². The van der Waals surface area contributed by atoms with Crippen molar-refractivity contribution in [1.82, 2.24) is 4.98 Å². The summed E-state index contributed by atoms with van der Waals surface area (Å²) in [5.74, 6) is -0.340. The van der Waals surface area contributed by atoms with Crippen molar-refractivity contribution in [3.8, 4) is 0 Å². The van der Waals surface area contributed by atoms with E-state index in [0.717, 1.165) is 19.3 Å². The van der Waals surface area contributed by atoms with E-state index in [1.807, 2.05) is 18.2 Å². The first-order chi connectivity index (χ1) is 18.7. The van der Waals surface area contributed by atoms with E-state index in [-0.39, 0.29) is 33.7 Å². The molecule has 218 valence electrons. The van der Waals surface area contributed by atoms with Gasteiger partial charge in [0, 0.05) is 24.4 Å². The van der Waals surface area contributed by atoms with Crippen molar-refractivity contribution in [3.05, 3.63) is 53.9 Å². The van der Waals surface area contributed by atoms with Gasteiger partial charge in [0.2, 0.25) is 5.79 Å². The number of aliphatic hydroxyl groups excluding tert-OH is 1. The maximum absolute atomic E-state index is 12.0. The third-order valence-electron chi connectivity index (χ3n) is 13.5. The summed E-state index contributed by atoms with van der Waals surface area (Å²) in [7, 11) is 0. The number of fused-ring (bicyclic) bond motifs is 4. The van der Waals surface area contributed by atoms with E-state index < -0.39 is 5.79 Å². The molecule has 1 aliphatic heterocycles. The van der Waals surface area contributed by atoms with Crippen LogP contribution in [-0.2, 0) is 9.53 Å². The Bertz CT molecular complexity index is 1210. The number of aromatic nitrogens is 1. The van der Waals surface area contributed by atoms with Gasteiger partial charge in [0.1, 0.15) is 0 Å². The summed E-state index contributed by atoms with van der Waals surface area (Å²) in [4.78, 5) is 15.7. The fraction of sp³-hybridized carbons (Fsp3) is 0.714. The van der Waals surface area contributed by atoms with Crippen molar-refractivity contribution in [2.75, 3.05) is 0 Å². The van der Waals surface area contributed by atoms with Crippen LogP contribution in [0.25, 0.3) is 0 Å². The molecule has 0 unspecified atom stereocenters. The average Bonchev–Trinajstić information content (AvgIpc) is 3.41. The highest BCUT2D eigenvalue weighted by Gasteiger charge is 2.81. The first kappa shape index (κ1) is 28.2. The molecule has 4 saturated carbocycles. The Labute approximate surface area is 240 Å². The van der Waals surface area contributed by atoms with E-state index in [2.05, 4.69) is 45.7 Å². The number of cyclic esters (lactones) is 1. The predicted molar refractivity (Wildman–Crippen MR) is 156 cm³/mol. The fourth-order valence-electron chi connectivity index (χ4n) is 11.2. The minimum atomic E-state index is -1.44. The zero-order valence-corrected chi connectivity index (χ0v) is 25.4. The Morgan fingerprint density at radius 1 is 1.05 bits per heavy atom. The minimum Gasteiger partial charge on any atom is -0.426 e. The molecule has 2 N–H and O–H groups in total. The number of hydrogen-bond donors (Lipinski definition) is 2. The molecule has 1 aromatic heterocycles. The average molecular weight is 548 g/mol. The van der Waals surface area contributed by atoms with Gasteiger partial charge in [0.05, 0.1) is 6.10 Å². The summed E-state index contributed by atoms with van der Waals surface area (Å²) in [5.41, 5.74) is 3.31.